The molecule has 0 spiro atoms. The van der Waals surface area contributed by atoms with Gasteiger partial charge in [0.25, 0.3) is 0 Å². The second kappa shape index (κ2) is 7.62. The molecule has 2 atom stereocenters. The van der Waals surface area contributed by atoms with Gasteiger partial charge in [0.15, 0.2) is 0 Å². The summed E-state index contributed by atoms with van der Waals surface area (Å²) in [7, 11) is 1.71. The fraction of sp³-hybridized carbons (Fsp3) is 0.846. The number of urea groups is 1. The van der Waals surface area contributed by atoms with E-state index in [4.69, 9.17) is 0 Å². The Hall–Kier alpha value is -0.910. The van der Waals surface area contributed by atoms with Crippen molar-refractivity contribution < 1.29 is 14.7 Å². The molecule has 1 unspecified atom stereocenters. The van der Waals surface area contributed by atoms with Gasteiger partial charge in [0, 0.05) is 18.8 Å². The number of thioether (sulfide) groups is 1. The Morgan fingerprint density at radius 3 is 2.21 bits per heavy atom. The first-order valence-electron chi connectivity index (χ1n) is 6.40. The van der Waals surface area contributed by atoms with Gasteiger partial charge < -0.3 is 15.3 Å². The van der Waals surface area contributed by atoms with Gasteiger partial charge in [-0.25, -0.2) is 9.59 Å². The zero-order valence-electron chi connectivity index (χ0n) is 12.7. The molecule has 0 aliphatic heterocycles. The summed E-state index contributed by atoms with van der Waals surface area (Å²) < 4.78 is 0. The van der Waals surface area contributed by atoms with Crippen LogP contribution in [0.5, 0.6) is 0 Å². The highest BCUT2D eigenvalue weighted by atomic mass is 32.2. The lowest BCUT2D eigenvalue weighted by atomic mass is 9.87. The molecule has 2 N–H and O–H groups in total. The van der Waals surface area contributed by atoms with Crippen LogP contribution in [0.4, 0.5) is 4.79 Å². The van der Waals surface area contributed by atoms with Crippen LogP contribution in [0.15, 0.2) is 0 Å². The number of amides is 2. The van der Waals surface area contributed by atoms with Crippen LogP contribution in [0.3, 0.4) is 0 Å². The molecule has 0 fully saturated rings. The molecule has 0 aliphatic carbocycles. The Morgan fingerprint density at radius 1 is 1.37 bits per heavy atom. The van der Waals surface area contributed by atoms with Crippen molar-refractivity contribution in [2.75, 3.05) is 19.1 Å². The Labute approximate surface area is 120 Å². The monoisotopic (exact) mass is 290 g/mol. The molecule has 6 heteroatoms. The molecule has 0 aromatic carbocycles. The van der Waals surface area contributed by atoms with Gasteiger partial charge in [-0.05, 0) is 18.1 Å². The topological polar surface area (TPSA) is 69.6 Å². The zero-order valence-corrected chi connectivity index (χ0v) is 13.5. The maximum atomic E-state index is 12.1. The van der Waals surface area contributed by atoms with E-state index in [2.05, 4.69) is 5.32 Å². The number of carboxylic acids is 1. The number of hydrogen-bond acceptors (Lipinski definition) is 3. The average Bonchev–Trinajstić information content (AvgIpc) is 2.29. The highest BCUT2D eigenvalue weighted by molar-refractivity contribution is 7.98. The predicted octanol–water partition coefficient (Wildman–Crippen LogP) is 2.27. The predicted molar refractivity (Wildman–Crippen MR) is 79.6 cm³/mol. The van der Waals surface area contributed by atoms with Crippen molar-refractivity contribution in [2.24, 2.45) is 5.41 Å². The molecule has 0 rings (SSSR count). The van der Waals surface area contributed by atoms with Crippen LogP contribution >= 0.6 is 11.8 Å². The fourth-order valence-electron chi connectivity index (χ4n) is 1.74. The van der Waals surface area contributed by atoms with Crippen molar-refractivity contribution in [3.8, 4) is 0 Å². The number of aliphatic carboxylic acids is 1. The molecule has 5 nitrogen and oxygen atoms in total. The molecular formula is C13H26N2O3S. The first-order chi connectivity index (χ1) is 8.65. The zero-order chi connectivity index (χ0) is 15.2. The number of carbonyl (C=O) groups is 2. The van der Waals surface area contributed by atoms with Crippen LogP contribution < -0.4 is 5.32 Å². The van der Waals surface area contributed by atoms with E-state index in [1.165, 1.54) is 0 Å². The van der Waals surface area contributed by atoms with E-state index < -0.39 is 17.4 Å². The number of nitrogens with one attached hydrogen (secondary N) is 1. The number of rotatable bonds is 6. The van der Waals surface area contributed by atoms with Gasteiger partial charge in [0.2, 0.25) is 0 Å². The van der Waals surface area contributed by atoms with E-state index >= 15 is 0 Å². The van der Waals surface area contributed by atoms with Gasteiger partial charge in [-0.2, -0.15) is 11.8 Å². The molecule has 0 aromatic heterocycles. The van der Waals surface area contributed by atoms with E-state index in [1.54, 1.807) is 44.5 Å². The molecule has 0 aliphatic rings. The number of carboxylic acid groups (broad SMARTS) is 1. The van der Waals surface area contributed by atoms with Gasteiger partial charge in [-0.1, -0.05) is 27.7 Å². The normalized spacial score (nSPS) is 14.6. The second-order valence-corrected chi connectivity index (χ2v) is 6.63. The van der Waals surface area contributed by atoms with Gasteiger partial charge in [0.1, 0.15) is 6.04 Å². The van der Waals surface area contributed by atoms with Gasteiger partial charge in [0.05, 0.1) is 0 Å². The summed E-state index contributed by atoms with van der Waals surface area (Å²) in [5, 5.41) is 11.8. The first kappa shape index (κ1) is 18.1. The standard InChI is InChI=1S/C13H26N2O3S/c1-7-9(8-19-6)15(5)12(18)14-10(11(16)17)13(2,3)4/h9-10H,7-8H2,1-6H3,(H,14,18)(H,16,17)/t9?,10-/m0/s1. The van der Waals surface area contributed by atoms with Crippen LogP contribution in [-0.4, -0.2) is 53.1 Å². The SMILES string of the molecule is CCC(CSC)N(C)C(=O)N[C@@H](C(=O)O)C(C)(C)C. The maximum Gasteiger partial charge on any atom is 0.326 e. The molecule has 0 saturated heterocycles. The summed E-state index contributed by atoms with van der Waals surface area (Å²) >= 11 is 1.67. The maximum absolute atomic E-state index is 12.1. The highest BCUT2D eigenvalue weighted by Crippen LogP contribution is 2.20. The Balaban J connectivity index is 4.77. The number of hydrogen-bond donors (Lipinski definition) is 2. The minimum absolute atomic E-state index is 0.115. The van der Waals surface area contributed by atoms with Gasteiger partial charge >= 0.3 is 12.0 Å². The molecular weight excluding hydrogens is 264 g/mol. The summed E-state index contributed by atoms with van der Waals surface area (Å²) in [6.45, 7) is 7.41. The minimum Gasteiger partial charge on any atom is -0.480 e. The van der Waals surface area contributed by atoms with Gasteiger partial charge in [-0.15, -0.1) is 0 Å². The van der Waals surface area contributed by atoms with E-state index in [0.29, 0.717) is 0 Å². The van der Waals surface area contributed by atoms with Crippen LogP contribution in [0.2, 0.25) is 0 Å². The van der Waals surface area contributed by atoms with E-state index in [9.17, 15) is 14.7 Å². The third kappa shape index (κ3) is 5.72. The summed E-state index contributed by atoms with van der Waals surface area (Å²) in [6, 6.07) is -1.11. The summed E-state index contributed by atoms with van der Waals surface area (Å²) in [5.74, 6) is -0.166. The van der Waals surface area contributed by atoms with Crippen molar-refractivity contribution in [1.82, 2.24) is 10.2 Å². The van der Waals surface area contributed by atoms with Gasteiger partial charge in [-0.3, -0.25) is 0 Å². The summed E-state index contributed by atoms with van der Waals surface area (Å²) in [4.78, 5) is 24.9. The molecule has 2 amide bonds. The average molecular weight is 290 g/mol. The molecule has 0 saturated carbocycles. The summed E-state index contributed by atoms with van der Waals surface area (Å²) in [6.07, 6.45) is 2.83. The summed E-state index contributed by atoms with van der Waals surface area (Å²) in [5.41, 5.74) is -0.524. The van der Waals surface area contributed by atoms with E-state index in [-0.39, 0.29) is 12.1 Å². The third-order valence-electron chi connectivity index (χ3n) is 3.08. The third-order valence-corrected chi connectivity index (χ3v) is 3.80. The van der Waals surface area contributed by atoms with Crippen LogP contribution in [0.25, 0.3) is 0 Å². The quantitative estimate of drug-likeness (QED) is 0.787. The number of nitrogens with zero attached hydrogens (tertiary/aromatic N) is 1. The Morgan fingerprint density at radius 2 is 1.89 bits per heavy atom. The van der Waals surface area contributed by atoms with Crippen LogP contribution in [0.1, 0.15) is 34.1 Å². The minimum atomic E-state index is -1.01. The van der Waals surface area contributed by atoms with Crippen molar-refractivity contribution >= 4 is 23.8 Å². The highest BCUT2D eigenvalue weighted by Gasteiger charge is 2.34. The van der Waals surface area contributed by atoms with E-state index in [0.717, 1.165) is 12.2 Å². The Kier molecular flexibility index (Phi) is 7.26. The lowest BCUT2D eigenvalue weighted by Gasteiger charge is -2.32. The largest absolute Gasteiger partial charge is 0.480 e. The molecule has 112 valence electrons. The lowest BCUT2D eigenvalue weighted by molar-refractivity contribution is -0.142. The van der Waals surface area contributed by atoms with Crippen molar-refractivity contribution in [1.29, 1.82) is 0 Å². The lowest BCUT2D eigenvalue weighted by Crippen LogP contribution is -2.54. The number of carbonyl (C=O) groups excluding carboxylic acids is 1. The molecule has 0 radical (unpaired) electrons. The molecule has 0 aromatic rings. The fourth-order valence-corrected chi connectivity index (χ4v) is 2.58. The van der Waals surface area contributed by atoms with E-state index in [1.807, 2.05) is 13.2 Å². The molecule has 0 bridgehead atoms. The van der Waals surface area contributed by atoms with Crippen LogP contribution in [0, 0.1) is 5.41 Å². The second-order valence-electron chi connectivity index (χ2n) is 5.72. The van der Waals surface area contributed by atoms with Crippen molar-refractivity contribution in [2.45, 2.75) is 46.2 Å². The molecule has 19 heavy (non-hydrogen) atoms. The van der Waals surface area contributed by atoms with Crippen LogP contribution in [-0.2, 0) is 4.79 Å². The first-order valence-corrected chi connectivity index (χ1v) is 7.79. The smallest absolute Gasteiger partial charge is 0.326 e. The van der Waals surface area contributed by atoms with Crippen molar-refractivity contribution in [3.63, 3.8) is 0 Å². The van der Waals surface area contributed by atoms with Crippen molar-refractivity contribution in [3.05, 3.63) is 0 Å². The molecule has 0 heterocycles. The Bertz CT molecular complexity index is 316.